The molecule has 0 N–H and O–H groups in total. The van der Waals surface area contributed by atoms with Gasteiger partial charge in [-0.3, -0.25) is 9.69 Å². The number of likely N-dealkylation sites (N-methyl/N-ethyl adjacent to an activating group) is 2. The normalized spacial score (nSPS) is 27.3. The number of likely N-dealkylation sites (tertiary alicyclic amines) is 1. The molecule has 2 heterocycles. The maximum Gasteiger partial charge on any atom is 0.276 e. The molecule has 2 fully saturated rings. The molecule has 0 aromatic carbocycles. The van der Waals surface area contributed by atoms with Gasteiger partial charge >= 0.3 is 0 Å². The van der Waals surface area contributed by atoms with Crippen LogP contribution in [0.4, 0.5) is 0 Å². The van der Waals surface area contributed by atoms with Crippen LogP contribution >= 0.6 is 12.2 Å². The second-order valence-electron chi connectivity index (χ2n) is 5.79. The number of carbonyl (C=O) groups is 1. The van der Waals surface area contributed by atoms with Crippen molar-refractivity contribution in [2.24, 2.45) is 0 Å². The fourth-order valence-electron chi connectivity index (χ4n) is 2.44. The van der Waals surface area contributed by atoms with E-state index >= 15 is 0 Å². The Labute approximate surface area is 120 Å². The van der Waals surface area contributed by atoms with Crippen LogP contribution in [0.15, 0.2) is 23.5 Å². The van der Waals surface area contributed by atoms with Gasteiger partial charge in [0.1, 0.15) is 5.70 Å². The molecule has 0 aromatic heterocycles. The molecule has 2 aliphatic heterocycles. The average molecular weight is 279 g/mol. The zero-order chi connectivity index (χ0) is 14.4. The molecular weight excluding hydrogens is 258 g/mol. The Kier molecular flexibility index (Phi) is 3.43. The summed E-state index contributed by atoms with van der Waals surface area (Å²) < 4.78 is 0. The molecule has 0 atom stereocenters. The van der Waals surface area contributed by atoms with Crippen LogP contribution in [0.25, 0.3) is 0 Å². The molecule has 0 spiro atoms. The van der Waals surface area contributed by atoms with Crippen molar-refractivity contribution in [3.05, 3.63) is 23.5 Å². The number of hydrogen-bond donors (Lipinski definition) is 0. The zero-order valence-corrected chi connectivity index (χ0v) is 13.0. The van der Waals surface area contributed by atoms with Crippen LogP contribution in [0, 0.1) is 0 Å². The topological polar surface area (TPSA) is 26.8 Å². The summed E-state index contributed by atoms with van der Waals surface area (Å²) in [7, 11) is 5.64. The lowest BCUT2D eigenvalue weighted by Gasteiger charge is -2.30. The molecule has 0 saturated carbocycles. The van der Waals surface area contributed by atoms with E-state index in [0.717, 1.165) is 12.8 Å². The Bertz CT molecular complexity index is 493. The number of nitrogens with zero attached hydrogens (tertiary/aromatic N) is 3. The standard InChI is InChI=1S/C14H21N3OS/c1-14(2)9-8-10(17(14)5)6-7-11-12(18)16(4)13(19)15(11)3/h6-7H,8-9H2,1-5H3. The molecule has 2 saturated heterocycles. The minimum Gasteiger partial charge on any atom is -0.373 e. The van der Waals surface area contributed by atoms with Crippen molar-refractivity contribution in [1.82, 2.24) is 14.7 Å². The van der Waals surface area contributed by atoms with E-state index in [1.807, 2.05) is 19.2 Å². The highest BCUT2D eigenvalue weighted by molar-refractivity contribution is 7.80. The molecule has 2 rings (SSSR count). The summed E-state index contributed by atoms with van der Waals surface area (Å²) in [5, 5.41) is 0.551. The highest BCUT2D eigenvalue weighted by Crippen LogP contribution is 2.34. The van der Waals surface area contributed by atoms with Gasteiger partial charge in [-0.05, 0) is 51.1 Å². The second-order valence-corrected chi connectivity index (χ2v) is 6.15. The first kappa shape index (κ1) is 14.1. The summed E-state index contributed by atoms with van der Waals surface area (Å²) in [5.41, 5.74) is 2.10. The van der Waals surface area contributed by atoms with E-state index in [0.29, 0.717) is 10.8 Å². The number of carbonyl (C=O) groups excluding carboxylic acids is 1. The van der Waals surface area contributed by atoms with Crippen molar-refractivity contribution in [1.29, 1.82) is 0 Å². The summed E-state index contributed by atoms with van der Waals surface area (Å²) in [6.07, 6.45) is 6.11. The summed E-state index contributed by atoms with van der Waals surface area (Å²) in [5.74, 6) is -0.0377. The Hall–Kier alpha value is -1.36. The third-order valence-electron chi connectivity index (χ3n) is 4.22. The lowest BCUT2D eigenvalue weighted by molar-refractivity contribution is -0.121. The van der Waals surface area contributed by atoms with Gasteiger partial charge in [0.15, 0.2) is 5.11 Å². The Balaban J connectivity index is 2.24. The van der Waals surface area contributed by atoms with E-state index in [9.17, 15) is 4.79 Å². The second kappa shape index (κ2) is 4.63. The van der Waals surface area contributed by atoms with Crippen LogP contribution in [-0.4, -0.2) is 52.4 Å². The molecule has 0 unspecified atom stereocenters. The van der Waals surface area contributed by atoms with E-state index in [4.69, 9.17) is 12.2 Å². The van der Waals surface area contributed by atoms with Crippen LogP contribution in [0.3, 0.4) is 0 Å². The number of thiocarbonyl (C=S) groups is 1. The predicted octanol–water partition coefficient (Wildman–Crippen LogP) is 1.95. The van der Waals surface area contributed by atoms with Crippen molar-refractivity contribution in [3.63, 3.8) is 0 Å². The monoisotopic (exact) mass is 279 g/mol. The lowest BCUT2D eigenvalue weighted by atomic mass is 10.0. The average Bonchev–Trinajstić information content (AvgIpc) is 2.71. The molecule has 104 valence electrons. The van der Waals surface area contributed by atoms with Gasteiger partial charge in [0.05, 0.1) is 0 Å². The van der Waals surface area contributed by atoms with Crippen molar-refractivity contribution in [2.75, 3.05) is 21.1 Å². The van der Waals surface area contributed by atoms with Gasteiger partial charge in [0.2, 0.25) is 0 Å². The molecular formula is C14H21N3OS. The molecule has 0 aromatic rings. The van der Waals surface area contributed by atoms with Crippen LogP contribution < -0.4 is 0 Å². The van der Waals surface area contributed by atoms with Gasteiger partial charge in [0.25, 0.3) is 5.91 Å². The summed E-state index contributed by atoms with van der Waals surface area (Å²) in [6, 6.07) is 0. The number of allylic oxidation sites excluding steroid dienone is 3. The van der Waals surface area contributed by atoms with Gasteiger partial charge in [-0.15, -0.1) is 0 Å². The minimum atomic E-state index is -0.0377. The highest BCUT2D eigenvalue weighted by atomic mass is 32.1. The van der Waals surface area contributed by atoms with Crippen molar-refractivity contribution in [3.8, 4) is 0 Å². The number of rotatable bonds is 1. The van der Waals surface area contributed by atoms with Crippen molar-refractivity contribution >= 4 is 23.2 Å². The van der Waals surface area contributed by atoms with E-state index in [1.165, 1.54) is 10.6 Å². The Morgan fingerprint density at radius 2 is 1.79 bits per heavy atom. The van der Waals surface area contributed by atoms with Gasteiger partial charge in [0, 0.05) is 32.4 Å². The minimum absolute atomic E-state index is 0.0377. The third kappa shape index (κ3) is 2.27. The first-order valence-electron chi connectivity index (χ1n) is 6.46. The maximum absolute atomic E-state index is 12.0. The first-order valence-corrected chi connectivity index (χ1v) is 6.87. The predicted molar refractivity (Wildman–Crippen MR) is 80.4 cm³/mol. The van der Waals surface area contributed by atoms with Crippen molar-refractivity contribution < 1.29 is 4.79 Å². The van der Waals surface area contributed by atoms with Gasteiger partial charge < -0.3 is 9.80 Å². The van der Waals surface area contributed by atoms with Gasteiger partial charge in [-0.1, -0.05) is 0 Å². The molecule has 0 radical (unpaired) electrons. The summed E-state index contributed by atoms with van der Waals surface area (Å²) >= 11 is 5.19. The molecule has 4 nitrogen and oxygen atoms in total. The van der Waals surface area contributed by atoms with E-state index in [1.54, 1.807) is 11.9 Å². The smallest absolute Gasteiger partial charge is 0.276 e. The van der Waals surface area contributed by atoms with Crippen LogP contribution in [0.1, 0.15) is 26.7 Å². The zero-order valence-electron chi connectivity index (χ0n) is 12.2. The fraction of sp³-hybridized carbons (Fsp3) is 0.571. The highest BCUT2D eigenvalue weighted by Gasteiger charge is 2.34. The summed E-state index contributed by atoms with van der Waals surface area (Å²) in [4.78, 5) is 17.6. The molecule has 2 aliphatic rings. The Morgan fingerprint density at radius 3 is 2.21 bits per heavy atom. The van der Waals surface area contributed by atoms with Crippen LogP contribution in [-0.2, 0) is 4.79 Å². The van der Waals surface area contributed by atoms with E-state index in [-0.39, 0.29) is 11.4 Å². The SMILES string of the molecule is CN1C(=O)C(=CC=C2CCC(C)(C)N2C)N(C)C1=S. The molecule has 0 bridgehead atoms. The molecule has 0 aliphatic carbocycles. The first-order chi connectivity index (χ1) is 8.75. The largest absolute Gasteiger partial charge is 0.373 e. The number of amides is 1. The fourth-order valence-corrected chi connectivity index (χ4v) is 2.62. The molecule has 1 amide bonds. The molecule has 19 heavy (non-hydrogen) atoms. The lowest BCUT2D eigenvalue weighted by Crippen LogP contribution is -2.33. The van der Waals surface area contributed by atoms with E-state index < -0.39 is 0 Å². The van der Waals surface area contributed by atoms with E-state index in [2.05, 4.69) is 25.8 Å². The summed E-state index contributed by atoms with van der Waals surface area (Å²) in [6.45, 7) is 4.47. The Morgan fingerprint density at radius 1 is 1.16 bits per heavy atom. The maximum atomic E-state index is 12.0. The van der Waals surface area contributed by atoms with Gasteiger partial charge in [-0.2, -0.15) is 0 Å². The quantitative estimate of drug-likeness (QED) is 0.541. The third-order valence-corrected chi connectivity index (χ3v) is 4.77. The molecule has 5 heteroatoms. The van der Waals surface area contributed by atoms with Crippen LogP contribution in [0.2, 0.25) is 0 Å². The van der Waals surface area contributed by atoms with Crippen LogP contribution in [0.5, 0.6) is 0 Å². The van der Waals surface area contributed by atoms with Gasteiger partial charge in [-0.25, -0.2) is 0 Å². The van der Waals surface area contributed by atoms with Crippen molar-refractivity contribution in [2.45, 2.75) is 32.2 Å². The number of hydrogen-bond acceptors (Lipinski definition) is 3.